The van der Waals surface area contributed by atoms with Crippen molar-refractivity contribution in [2.75, 3.05) is 5.32 Å². The third-order valence-corrected chi connectivity index (χ3v) is 4.51. The second-order valence-electron chi connectivity index (χ2n) is 6.73. The minimum Gasteiger partial charge on any atom is -0.347 e. The molecule has 1 aliphatic rings. The Labute approximate surface area is 161 Å². The van der Waals surface area contributed by atoms with E-state index in [0.717, 1.165) is 24.1 Å². The van der Waals surface area contributed by atoms with Crippen molar-refractivity contribution in [2.24, 2.45) is 5.92 Å². The summed E-state index contributed by atoms with van der Waals surface area (Å²) in [6.45, 7) is 0.251. The topological polar surface area (TPSA) is 76.0 Å². The number of benzene rings is 2. The van der Waals surface area contributed by atoms with Crippen molar-refractivity contribution >= 4 is 17.6 Å². The second-order valence-corrected chi connectivity index (χ2v) is 6.73. The normalized spacial score (nSPS) is 13.2. The van der Waals surface area contributed by atoms with Gasteiger partial charge in [-0.05, 0) is 42.7 Å². The van der Waals surface area contributed by atoms with E-state index in [1.54, 1.807) is 22.9 Å². The number of aromatic nitrogens is 2. The summed E-state index contributed by atoms with van der Waals surface area (Å²) in [6.07, 6.45) is 1.77. The molecule has 0 unspecified atom stereocenters. The van der Waals surface area contributed by atoms with Gasteiger partial charge in [0.1, 0.15) is 11.6 Å². The lowest BCUT2D eigenvalue weighted by Gasteiger charge is -2.08. The van der Waals surface area contributed by atoms with Gasteiger partial charge in [0.05, 0.1) is 5.69 Å². The molecule has 2 aromatic carbocycles. The minimum absolute atomic E-state index is 0.0369. The SMILES string of the molecule is O=C(NCc1ccc(F)cc1)c1cc(NC(=O)C2CC2)n(-c2ccccc2)n1. The third-order valence-electron chi connectivity index (χ3n) is 4.51. The zero-order valence-electron chi connectivity index (χ0n) is 15.1. The van der Waals surface area contributed by atoms with E-state index in [1.807, 2.05) is 30.3 Å². The highest BCUT2D eigenvalue weighted by atomic mass is 19.1. The van der Waals surface area contributed by atoms with E-state index < -0.39 is 0 Å². The third kappa shape index (κ3) is 4.09. The van der Waals surface area contributed by atoms with E-state index in [9.17, 15) is 14.0 Å². The minimum atomic E-state index is -0.374. The smallest absolute Gasteiger partial charge is 0.272 e. The van der Waals surface area contributed by atoms with Gasteiger partial charge in [-0.25, -0.2) is 9.07 Å². The molecule has 1 aliphatic carbocycles. The molecular weight excluding hydrogens is 359 g/mol. The van der Waals surface area contributed by atoms with Crippen LogP contribution in [0.15, 0.2) is 60.7 Å². The van der Waals surface area contributed by atoms with E-state index >= 15 is 0 Å². The van der Waals surface area contributed by atoms with Crippen molar-refractivity contribution in [3.63, 3.8) is 0 Å². The molecule has 0 saturated heterocycles. The Morgan fingerprint density at radius 2 is 1.79 bits per heavy atom. The summed E-state index contributed by atoms with van der Waals surface area (Å²) in [5, 5.41) is 10.0. The summed E-state index contributed by atoms with van der Waals surface area (Å²) in [4.78, 5) is 24.7. The Morgan fingerprint density at radius 1 is 1.07 bits per heavy atom. The zero-order valence-corrected chi connectivity index (χ0v) is 15.1. The molecule has 142 valence electrons. The van der Waals surface area contributed by atoms with Crippen LogP contribution in [0.2, 0.25) is 0 Å². The monoisotopic (exact) mass is 378 g/mol. The number of hydrogen-bond acceptors (Lipinski definition) is 3. The number of rotatable bonds is 6. The molecule has 0 bridgehead atoms. The maximum atomic E-state index is 13.0. The predicted molar refractivity (Wildman–Crippen MR) is 102 cm³/mol. The van der Waals surface area contributed by atoms with Gasteiger partial charge in [0.2, 0.25) is 5.91 Å². The standard InChI is InChI=1S/C21H19FN4O2/c22-16-10-6-14(7-11-16)13-23-21(28)18-12-19(24-20(27)15-8-9-15)26(25-18)17-4-2-1-3-5-17/h1-7,10-12,15H,8-9,13H2,(H,23,28)(H,24,27). The van der Waals surface area contributed by atoms with Crippen LogP contribution in [0.5, 0.6) is 0 Å². The van der Waals surface area contributed by atoms with Gasteiger partial charge < -0.3 is 10.6 Å². The molecule has 1 heterocycles. The van der Waals surface area contributed by atoms with Crippen molar-refractivity contribution < 1.29 is 14.0 Å². The molecule has 0 spiro atoms. The molecule has 0 radical (unpaired) electrons. The molecule has 1 fully saturated rings. The van der Waals surface area contributed by atoms with Crippen LogP contribution in [-0.2, 0) is 11.3 Å². The number of carbonyl (C=O) groups excluding carboxylic acids is 2. The maximum absolute atomic E-state index is 13.0. The molecule has 0 atom stereocenters. The number of nitrogens with one attached hydrogen (secondary N) is 2. The highest BCUT2D eigenvalue weighted by Crippen LogP contribution is 2.30. The van der Waals surface area contributed by atoms with Crippen LogP contribution in [0.25, 0.3) is 5.69 Å². The molecule has 6 nitrogen and oxygen atoms in total. The summed E-state index contributed by atoms with van der Waals surface area (Å²) < 4.78 is 14.5. The number of nitrogens with zero attached hydrogens (tertiary/aromatic N) is 2. The summed E-state index contributed by atoms with van der Waals surface area (Å²) in [6, 6.07) is 16.8. The molecule has 2 amide bonds. The van der Waals surface area contributed by atoms with Crippen LogP contribution in [0.3, 0.4) is 0 Å². The molecule has 1 saturated carbocycles. The van der Waals surface area contributed by atoms with E-state index in [0.29, 0.717) is 5.82 Å². The molecular formula is C21H19FN4O2. The van der Waals surface area contributed by atoms with E-state index in [1.165, 1.54) is 12.1 Å². The average molecular weight is 378 g/mol. The van der Waals surface area contributed by atoms with Gasteiger partial charge in [-0.1, -0.05) is 30.3 Å². The number of carbonyl (C=O) groups is 2. The Kier molecular flexibility index (Phi) is 4.89. The van der Waals surface area contributed by atoms with Gasteiger partial charge in [-0.15, -0.1) is 0 Å². The average Bonchev–Trinajstić information content (AvgIpc) is 3.49. The van der Waals surface area contributed by atoms with Gasteiger partial charge in [0.25, 0.3) is 5.91 Å². The van der Waals surface area contributed by atoms with Crippen LogP contribution in [0.1, 0.15) is 28.9 Å². The fourth-order valence-corrected chi connectivity index (χ4v) is 2.80. The molecule has 2 N–H and O–H groups in total. The molecule has 28 heavy (non-hydrogen) atoms. The molecule has 4 rings (SSSR count). The first-order valence-corrected chi connectivity index (χ1v) is 9.09. The summed E-state index contributed by atoms with van der Waals surface area (Å²) in [5.41, 5.74) is 1.71. The van der Waals surface area contributed by atoms with Gasteiger partial charge in [0.15, 0.2) is 5.69 Å². The van der Waals surface area contributed by atoms with Crippen LogP contribution in [0.4, 0.5) is 10.2 Å². The van der Waals surface area contributed by atoms with Gasteiger partial charge in [-0.3, -0.25) is 9.59 Å². The van der Waals surface area contributed by atoms with Gasteiger partial charge in [-0.2, -0.15) is 5.10 Å². The summed E-state index contributed by atoms with van der Waals surface area (Å²) in [7, 11) is 0. The first-order chi connectivity index (χ1) is 13.6. The molecule has 7 heteroatoms. The van der Waals surface area contributed by atoms with Crippen LogP contribution in [-0.4, -0.2) is 21.6 Å². The number of halogens is 1. The molecule has 3 aromatic rings. The number of anilines is 1. The van der Waals surface area contributed by atoms with Crippen LogP contribution >= 0.6 is 0 Å². The van der Waals surface area contributed by atoms with Crippen molar-refractivity contribution in [3.8, 4) is 5.69 Å². The lowest BCUT2D eigenvalue weighted by atomic mass is 10.2. The Morgan fingerprint density at radius 3 is 2.46 bits per heavy atom. The maximum Gasteiger partial charge on any atom is 0.272 e. The quantitative estimate of drug-likeness (QED) is 0.691. The number of hydrogen-bond donors (Lipinski definition) is 2. The summed E-state index contributed by atoms with van der Waals surface area (Å²) in [5.74, 6) is -0.270. The lowest BCUT2D eigenvalue weighted by molar-refractivity contribution is -0.117. The second kappa shape index (κ2) is 7.64. The first kappa shape index (κ1) is 17.9. The molecule has 0 aliphatic heterocycles. The fourth-order valence-electron chi connectivity index (χ4n) is 2.80. The van der Waals surface area contributed by atoms with Gasteiger partial charge in [0, 0.05) is 18.5 Å². The Balaban J connectivity index is 1.54. The molecule has 1 aromatic heterocycles. The van der Waals surface area contributed by atoms with Crippen molar-refractivity contribution in [1.29, 1.82) is 0 Å². The van der Waals surface area contributed by atoms with Crippen molar-refractivity contribution in [1.82, 2.24) is 15.1 Å². The Hall–Kier alpha value is -3.48. The highest BCUT2D eigenvalue weighted by Gasteiger charge is 2.30. The van der Waals surface area contributed by atoms with E-state index in [4.69, 9.17) is 0 Å². The van der Waals surface area contributed by atoms with E-state index in [-0.39, 0.29) is 35.8 Å². The van der Waals surface area contributed by atoms with Crippen LogP contribution in [0, 0.1) is 11.7 Å². The summed E-state index contributed by atoms with van der Waals surface area (Å²) >= 11 is 0. The highest BCUT2D eigenvalue weighted by molar-refractivity contribution is 5.97. The van der Waals surface area contributed by atoms with Crippen molar-refractivity contribution in [2.45, 2.75) is 19.4 Å². The van der Waals surface area contributed by atoms with Gasteiger partial charge >= 0.3 is 0 Å². The first-order valence-electron chi connectivity index (χ1n) is 9.09. The van der Waals surface area contributed by atoms with Crippen molar-refractivity contribution in [3.05, 3.63) is 77.7 Å². The largest absolute Gasteiger partial charge is 0.347 e. The fraction of sp³-hybridized carbons (Fsp3) is 0.190. The zero-order chi connectivity index (χ0) is 19.5. The number of amides is 2. The van der Waals surface area contributed by atoms with Crippen LogP contribution < -0.4 is 10.6 Å². The predicted octanol–water partition coefficient (Wildman–Crippen LogP) is 3.29. The van der Waals surface area contributed by atoms with E-state index in [2.05, 4.69) is 15.7 Å². The lowest BCUT2D eigenvalue weighted by Crippen LogP contribution is -2.23. The Bertz CT molecular complexity index is 995. The number of para-hydroxylation sites is 1.